The van der Waals surface area contributed by atoms with Gasteiger partial charge < -0.3 is 14.7 Å². The van der Waals surface area contributed by atoms with Gasteiger partial charge in [0.15, 0.2) is 0 Å². The molecule has 1 aliphatic rings. The van der Waals surface area contributed by atoms with Crippen LogP contribution in [-0.2, 0) is 9.53 Å². The van der Waals surface area contributed by atoms with Crippen molar-refractivity contribution in [3.05, 3.63) is 0 Å². The van der Waals surface area contributed by atoms with Gasteiger partial charge >= 0.3 is 0 Å². The van der Waals surface area contributed by atoms with Gasteiger partial charge in [-0.25, -0.2) is 0 Å². The number of piperidine rings is 1. The van der Waals surface area contributed by atoms with E-state index < -0.39 is 0 Å². The van der Waals surface area contributed by atoms with Crippen LogP contribution in [0.4, 0.5) is 0 Å². The van der Waals surface area contributed by atoms with E-state index in [4.69, 9.17) is 9.84 Å². The zero-order valence-corrected chi connectivity index (χ0v) is 8.19. The first kappa shape index (κ1) is 10.5. The third kappa shape index (κ3) is 2.42. The summed E-state index contributed by atoms with van der Waals surface area (Å²) in [7, 11) is 1.70. The fraction of sp³-hybridized carbons (Fsp3) is 0.889. The quantitative estimate of drug-likeness (QED) is 0.654. The summed E-state index contributed by atoms with van der Waals surface area (Å²) in [5.41, 5.74) is 0. The molecule has 0 spiro atoms. The number of methoxy groups -OCH3 is 1. The second-order valence-electron chi connectivity index (χ2n) is 3.54. The van der Waals surface area contributed by atoms with Crippen molar-refractivity contribution in [2.45, 2.75) is 19.4 Å². The van der Waals surface area contributed by atoms with E-state index in [1.165, 1.54) is 0 Å². The van der Waals surface area contributed by atoms with Crippen LogP contribution < -0.4 is 0 Å². The largest absolute Gasteiger partial charge is 0.387 e. The molecule has 1 saturated heterocycles. The highest BCUT2D eigenvalue weighted by molar-refractivity contribution is 5.77. The van der Waals surface area contributed by atoms with Crippen LogP contribution in [-0.4, -0.2) is 48.8 Å². The first-order chi connectivity index (χ1) is 6.19. The van der Waals surface area contributed by atoms with Gasteiger partial charge in [-0.1, -0.05) is 6.92 Å². The molecule has 1 fully saturated rings. The Labute approximate surface area is 78.5 Å². The Morgan fingerprint density at radius 1 is 1.69 bits per heavy atom. The summed E-state index contributed by atoms with van der Waals surface area (Å²) in [6.07, 6.45) is 1.12. The third-order valence-electron chi connectivity index (χ3n) is 2.62. The topological polar surface area (TPSA) is 49.8 Å². The van der Waals surface area contributed by atoms with E-state index >= 15 is 0 Å². The van der Waals surface area contributed by atoms with Gasteiger partial charge in [-0.2, -0.15) is 0 Å². The van der Waals surface area contributed by atoms with Gasteiger partial charge in [-0.15, -0.1) is 0 Å². The normalized spacial score (nSPS) is 29.0. The number of hydrogen-bond donors (Lipinski definition) is 1. The number of likely N-dealkylation sites (tertiary alicyclic amines) is 1. The summed E-state index contributed by atoms with van der Waals surface area (Å²) in [6.45, 7) is 3.06. The molecular formula is C9H17NO3. The van der Waals surface area contributed by atoms with Crippen LogP contribution in [0, 0.1) is 5.92 Å². The molecule has 2 unspecified atom stereocenters. The van der Waals surface area contributed by atoms with Crippen molar-refractivity contribution in [3.63, 3.8) is 0 Å². The first-order valence-corrected chi connectivity index (χ1v) is 4.60. The predicted octanol–water partition coefficient (Wildman–Crippen LogP) is -0.138. The molecule has 0 radical (unpaired) electrons. The summed E-state index contributed by atoms with van der Waals surface area (Å²) >= 11 is 0. The number of nitrogens with zero attached hydrogens (tertiary/aromatic N) is 1. The number of hydrogen-bond acceptors (Lipinski definition) is 3. The minimum atomic E-state index is -0.385. The SMILES string of the molecule is COC1CCN(C(=O)CO)CC1C. The smallest absolute Gasteiger partial charge is 0.248 e. The van der Waals surface area contributed by atoms with Crippen LogP contribution in [0.2, 0.25) is 0 Å². The Morgan fingerprint density at radius 2 is 2.38 bits per heavy atom. The van der Waals surface area contributed by atoms with E-state index in [2.05, 4.69) is 6.92 Å². The minimum absolute atomic E-state index is 0.179. The number of aliphatic hydroxyl groups excluding tert-OH is 1. The van der Waals surface area contributed by atoms with E-state index in [-0.39, 0.29) is 18.6 Å². The molecule has 1 rings (SSSR count). The minimum Gasteiger partial charge on any atom is -0.387 e. The maximum Gasteiger partial charge on any atom is 0.248 e. The monoisotopic (exact) mass is 187 g/mol. The highest BCUT2D eigenvalue weighted by Crippen LogP contribution is 2.18. The number of aliphatic hydroxyl groups is 1. The zero-order valence-electron chi connectivity index (χ0n) is 8.19. The van der Waals surface area contributed by atoms with Crippen LogP contribution in [0.25, 0.3) is 0 Å². The third-order valence-corrected chi connectivity index (χ3v) is 2.62. The van der Waals surface area contributed by atoms with Crippen molar-refractivity contribution >= 4 is 5.91 Å². The van der Waals surface area contributed by atoms with Crippen LogP contribution in [0.3, 0.4) is 0 Å². The molecule has 13 heavy (non-hydrogen) atoms. The van der Waals surface area contributed by atoms with Crippen LogP contribution in [0.5, 0.6) is 0 Å². The number of ether oxygens (including phenoxy) is 1. The van der Waals surface area contributed by atoms with Crippen LogP contribution in [0.1, 0.15) is 13.3 Å². The van der Waals surface area contributed by atoms with Crippen molar-refractivity contribution in [2.24, 2.45) is 5.92 Å². The summed E-state index contributed by atoms with van der Waals surface area (Å²) in [4.78, 5) is 12.8. The molecule has 76 valence electrons. The van der Waals surface area contributed by atoms with Gasteiger partial charge in [0.1, 0.15) is 6.61 Å². The second kappa shape index (κ2) is 4.58. The Kier molecular flexibility index (Phi) is 3.69. The molecule has 0 aliphatic carbocycles. The molecule has 1 aliphatic heterocycles. The van der Waals surface area contributed by atoms with Crippen molar-refractivity contribution in [2.75, 3.05) is 26.8 Å². The lowest BCUT2D eigenvalue weighted by Crippen LogP contribution is -2.46. The average molecular weight is 187 g/mol. The van der Waals surface area contributed by atoms with E-state index in [9.17, 15) is 4.79 Å². The van der Waals surface area contributed by atoms with Gasteiger partial charge in [0, 0.05) is 20.2 Å². The van der Waals surface area contributed by atoms with Crippen molar-refractivity contribution in [1.29, 1.82) is 0 Å². The fourth-order valence-electron chi connectivity index (χ4n) is 1.80. The van der Waals surface area contributed by atoms with E-state index in [0.29, 0.717) is 19.0 Å². The molecule has 0 aromatic carbocycles. The van der Waals surface area contributed by atoms with Gasteiger partial charge in [-0.3, -0.25) is 4.79 Å². The van der Waals surface area contributed by atoms with Crippen molar-refractivity contribution < 1.29 is 14.6 Å². The van der Waals surface area contributed by atoms with E-state index in [0.717, 1.165) is 6.42 Å². The molecule has 4 heteroatoms. The highest BCUT2D eigenvalue weighted by atomic mass is 16.5. The molecule has 1 heterocycles. The first-order valence-electron chi connectivity index (χ1n) is 4.60. The second-order valence-corrected chi connectivity index (χ2v) is 3.54. The maximum absolute atomic E-state index is 11.1. The number of carbonyl (C=O) groups excluding carboxylic acids is 1. The summed E-state index contributed by atoms with van der Waals surface area (Å²) in [5, 5.41) is 8.67. The van der Waals surface area contributed by atoms with Crippen molar-refractivity contribution in [3.8, 4) is 0 Å². The molecular weight excluding hydrogens is 170 g/mol. The number of carbonyl (C=O) groups is 1. The van der Waals surface area contributed by atoms with Crippen LogP contribution in [0.15, 0.2) is 0 Å². The van der Waals surface area contributed by atoms with Crippen molar-refractivity contribution in [1.82, 2.24) is 4.90 Å². The Balaban J connectivity index is 2.45. The zero-order chi connectivity index (χ0) is 9.84. The molecule has 0 aromatic heterocycles. The van der Waals surface area contributed by atoms with Gasteiger partial charge in [0.25, 0.3) is 0 Å². The van der Waals surface area contributed by atoms with Crippen LogP contribution >= 0.6 is 0 Å². The lowest BCUT2D eigenvalue weighted by atomic mass is 9.96. The molecule has 1 amide bonds. The van der Waals surface area contributed by atoms with Gasteiger partial charge in [0.2, 0.25) is 5.91 Å². The van der Waals surface area contributed by atoms with Gasteiger partial charge in [-0.05, 0) is 12.3 Å². The average Bonchev–Trinajstić information content (AvgIpc) is 2.16. The highest BCUT2D eigenvalue weighted by Gasteiger charge is 2.27. The van der Waals surface area contributed by atoms with E-state index in [1.54, 1.807) is 12.0 Å². The lowest BCUT2D eigenvalue weighted by molar-refractivity contribution is -0.138. The number of rotatable bonds is 2. The number of amides is 1. The van der Waals surface area contributed by atoms with Gasteiger partial charge in [0.05, 0.1) is 6.10 Å². The summed E-state index contributed by atoms with van der Waals surface area (Å²) in [5.74, 6) is 0.177. The molecule has 1 N–H and O–H groups in total. The summed E-state index contributed by atoms with van der Waals surface area (Å²) < 4.78 is 5.26. The fourth-order valence-corrected chi connectivity index (χ4v) is 1.80. The molecule has 4 nitrogen and oxygen atoms in total. The molecule has 2 atom stereocenters. The Bertz CT molecular complexity index is 184. The maximum atomic E-state index is 11.1. The lowest BCUT2D eigenvalue weighted by Gasteiger charge is -2.35. The molecule has 0 saturated carbocycles. The molecule has 0 bridgehead atoms. The standard InChI is InChI=1S/C9H17NO3/c1-7-5-10(9(12)6-11)4-3-8(7)13-2/h7-8,11H,3-6H2,1-2H3. The Hall–Kier alpha value is -0.610. The molecule has 0 aromatic rings. The summed E-state index contributed by atoms with van der Waals surface area (Å²) in [6, 6.07) is 0. The van der Waals surface area contributed by atoms with E-state index in [1.807, 2.05) is 0 Å². The Morgan fingerprint density at radius 3 is 2.85 bits per heavy atom. The predicted molar refractivity (Wildman–Crippen MR) is 48.2 cm³/mol.